The molecule has 0 N–H and O–H groups in total. The van der Waals surface area contributed by atoms with Gasteiger partial charge in [0.1, 0.15) is 17.7 Å². The maximum absolute atomic E-state index is 5.97. The molecule has 0 aliphatic carbocycles. The molecule has 0 atom stereocenters. The number of nitrogens with zero attached hydrogens (tertiary/aromatic N) is 5. The Balaban J connectivity index is 1.89. The maximum Gasteiger partial charge on any atom is 0.183 e. The Morgan fingerprint density at radius 2 is 1.77 bits per heavy atom. The van der Waals surface area contributed by atoms with Crippen LogP contribution in [0.2, 0.25) is 5.02 Å². The summed E-state index contributed by atoms with van der Waals surface area (Å²) in [6.07, 6.45) is 4.04. The van der Waals surface area contributed by atoms with Gasteiger partial charge >= 0.3 is 0 Å². The highest BCUT2D eigenvalue weighted by molar-refractivity contribution is 6.30. The third-order valence-electron chi connectivity index (χ3n) is 4.16. The molecule has 22 heavy (non-hydrogen) atoms. The Labute approximate surface area is 133 Å². The molecule has 3 heterocycles. The minimum atomic E-state index is 0.722. The fraction of sp³-hybridized carbons (Fsp3) is 0.312. The first-order valence-electron chi connectivity index (χ1n) is 7.42. The first kappa shape index (κ1) is 13.5. The molecule has 1 aromatic carbocycles. The zero-order valence-electron chi connectivity index (χ0n) is 12.3. The molecule has 5 nitrogen and oxygen atoms in total. The van der Waals surface area contributed by atoms with Crippen molar-refractivity contribution >= 4 is 28.6 Å². The van der Waals surface area contributed by atoms with Gasteiger partial charge < -0.3 is 9.47 Å². The van der Waals surface area contributed by atoms with E-state index >= 15 is 0 Å². The number of imidazole rings is 1. The van der Waals surface area contributed by atoms with Crippen molar-refractivity contribution in [3.05, 3.63) is 35.6 Å². The molecule has 1 saturated heterocycles. The average Bonchev–Trinajstić information content (AvgIpc) is 3.17. The predicted molar refractivity (Wildman–Crippen MR) is 88.2 cm³/mol. The van der Waals surface area contributed by atoms with Gasteiger partial charge in [0.15, 0.2) is 11.5 Å². The van der Waals surface area contributed by atoms with Crippen LogP contribution in [0.3, 0.4) is 0 Å². The molecule has 0 bridgehead atoms. The van der Waals surface area contributed by atoms with Gasteiger partial charge in [-0.3, -0.25) is 0 Å². The van der Waals surface area contributed by atoms with Gasteiger partial charge in [-0.1, -0.05) is 11.6 Å². The number of rotatable bonds is 2. The molecule has 112 valence electrons. The topological polar surface area (TPSA) is 46.8 Å². The highest BCUT2D eigenvalue weighted by Gasteiger charge is 2.21. The molecule has 0 amide bonds. The Morgan fingerprint density at radius 3 is 2.50 bits per heavy atom. The molecule has 4 rings (SSSR count). The molecule has 1 aliphatic rings. The number of benzene rings is 1. The lowest BCUT2D eigenvalue weighted by Crippen LogP contribution is -2.20. The van der Waals surface area contributed by atoms with Gasteiger partial charge in [0.25, 0.3) is 0 Å². The van der Waals surface area contributed by atoms with Crippen LogP contribution in [0.15, 0.2) is 30.6 Å². The van der Waals surface area contributed by atoms with Crippen molar-refractivity contribution < 1.29 is 0 Å². The number of anilines is 1. The lowest BCUT2D eigenvalue weighted by molar-refractivity contribution is 0.909. The van der Waals surface area contributed by atoms with Crippen LogP contribution in [0.25, 0.3) is 22.6 Å². The van der Waals surface area contributed by atoms with Crippen molar-refractivity contribution in [3.8, 4) is 11.4 Å². The zero-order chi connectivity index (χ0) is 15.1. The molecule has 1 aliphatic heterocycles. The van der Waals surface area contributed by atoms with Crippen LogP contribution >= 0.6 is 11.6 Å². The first-order valence-corrected chi connectivity index (χ1v) is 7.80. The molecule has 0 radical (unpaired) electrons. The van der Waals surface area contributed by atoms with E-state index in [0.717, 1.165) is 46.5 Å². The molecular formula is C16H16ClN5. The average molecular weight is 314 g/mol. The standard InChI is InChI=1S/C16H16ClN5/c1-21-13-14(18-10-19-16(13)22-8-2-3-9-22)20-15(21)11-4-6-12(17)7-5-11/h4-7,10H,2-3,8-9H2,1H3. The van der Waals surface area contributed by atoms with Crippen molar-refractivity contribution in [1.82, 2.24) is 19.5 Å². The number of fused-ring (bicyclic) bond motifs is 1. The summed E-state index contributed by atoms with van der Waals surface area (Å²) in [7, 11) is 2.02. The Bertz CT molecular complexity index is 818. The number of aromatic nitrogens is 4. The van der Waals surface area contributed by atoms with Crippen molar-refractivity contribution in [2.75, 3.05) is 18.0 Å². The third kappa shape index (κ3) is 2.13. The Morgan fingerprint density at radius 1 is 1.05 bits per heavy atom. The summed E-state index contributed by atoms with van der Waals surface area (Å²) >= 11 is 5.97. The van der Waals surface area contributed by atoms with Crippen molar-refractivity contribution in [2.24, 2.45) is 7.05 Å². The molecule has 3 aromatic rings. The van der Waals surface area contributed by atoms with E-state index in [9.17, 15) is 0 Å². The highest BCUT2D eigenvalue weighted by atomic mass is 35.5. The minimum Gasteiger partial charge on any atom is -0.355 e. The largest absolute Gasteiger partial charge is 0.355 e. The van der Waals surface area contributed by atoms with E-state index in [1.807, 2.05) is 31.3 Å². The molecule has 0 spiro atoms. The van der Waals surface area contributed by atoms with Crippen LogP contribution in [0.1, 0.15) is 12.8 Å². The smallest absolute Gasteiger partial charge is 0.183 e. The summed E-state index contributed by atoms with van der Waals surface area (Å²) in [6.45, 7) is 2.10. The van der Waals surface area contributed by atoms with E-state index in [2.05, 4.69) is 24.4 Å². The Hall–Kier alpha value is -2.14. The highest BCUT2D eigenvalue weighted by Crippen LogP contribution is 2.30. The summed E-state index contributed by atoms with van der Waals surface area (Å²) < 4.78 is 2.08. The van der Waals surface area contributed by atoms with E-state index in [4.69, 9.17) is 11.6 Å². The van der Waals surface area contributed by atoms with Crippen LogP contribution in [0.5, 0.6) is 0 Å². The fourth-order valence-corrected chi connectivity index (χ4v) is 3.17. The van der Waals surface area contributed by atoms with Gasteiger partial charge in [0, 0.05) is 30.7 Å². The summed E-state index contributed by atoms with van der Waals surface area (Å²) in [6, 6.07) is 7.71. The monoisotopic (exact) mass is 313 g/mol. The molecule has 6 heteroatoms. The minimum absolute atomic E-state index is 0.722. The normalized spacial score (nSPS) is 14.9. The third-order valence-corrected chi connectivity index (χ3v) is 4.41. The van der Waals surface area contributed by atoms with E-state index < -0.39 is 0 Å². The van der Waals surface area contributed by atoms with E-state index in [1.165, 1.54) is 12.8 Å². The van der Waals surface area contributed by atoms with Crippen LogP contribution in [0, 0.1) is 0 Å². The summed E-state index contributed by atoms with van der Waals surface area (Å²) in [5.74, 6) is 1.87. The van der Waals surface area contributed by atoms with E-state index in [1.54, 1.807) is 6.33 Å². The van der Waals surface area contributed by atoms with Crippen molar-refractivity contribution in [2.45, 2.75) is 12.8 Å². The van der Waals surface area contributed by atoms with Crippen LogP contribution in [0.4, 0.5) is 5.82 Å². The first-order chi connectivity index (χ1) is 10.7. The van der Waals surface area contributed by atoms with Gasteiger partial charge in [0.05, 0.1) is 0 Å². The van der Waals surface area contributed by atoms with Gasteiger partial charge in [-0.05, 0) is 37.1 Å². The van der Waals surface area contributed by atoms with E-state index in [0.29, 0.717) is 0 Å². The van der Waals surface area contributed by atoms with Crippen LogP contribution in [-0.4, -0.2) is 32.6 Å². The second-order valence-electron chi connectivity index (χ2n) is 5.56. The molecule has 0 unspecified atom stereocenters. The predicted octanol–water partition coefficient (Wildman–Crippen LogP) is 3.28. The number of aryl methyl sites for hydroxylation is 1. The van der Waals surface area contributed by atoms with Gasteiger partial charge in [-0.2, -0.15) is 0 Å². The number of halogens is 1. The number of hydrogen-bond donors (Lipinski definition) is 0. The van der Waals surface area contributed by atoms with Crippen molar-refractivity contribution in [1.29, 1.82) is 0 Å². The second kappa shape index (κ2) is 5.25. The summed E-state index contributed by atoms with van der Waals surface area (Å²) in [5.41, 5.74) is 2.76. The van der Waals surface area contributed by atoms with Gasteiger partial charge in [-0.25, -0.2) is 15.0 Å². The van der Waals surface area contributed by atoms with Gasteiger partial charge in [0.2, 0.25) is 0 Å². The quantitative estimate of drug-likeness (QED) is 0.728. The molecule has 2 aromatic heterocycles. The van der Waals surface area contributed by atoms with Crippen LogP contribution in [-0.2, 0) is 7.05 Å². The maximum atomic E-state index is 5.97. The summed E-state index contributed by atoms with van der Waals surface area (Å²) in [5, 5.41) is 0.722. The number of hydrogen-bond acceptors (Lipinski definition) is 4. The fourth-order valence-electron chi connectivity index (χ4n) is 3.04. The lowest BCUT2D eigenvalue weighted by Gasteiger charge is -2.17. The zero-order valence-corrected chi connectivity index (χ0v) is 13.1. The SMILES string of the molecule is Cn1c(-c2ccc(Cl)cc2)nc2ncnc(N3CCCC3)c21. The second-order valence-corrected chi connectivity index (χ2v) is 6.00. The summed E-state index contributed by atoms with van der Waals surface area (Å²) in [4.78, 5) is 15.8. The molecule has 0 saturated carbocycles. The Kier molecular flexibility index (Phi) is 3.22. The van der Waals surface area contributed by atoms with Crippen molar-refractivity contribution in [3.63, 3.8) is 0 Å². The van der Waals surface area contributed by atoms with Crippen LogP contribution < -0.4 is 4.90 Å². The molecular weight excluding hydrogens is 298 g/mol. The lowest BCUT2D eigenvalue weighted by atomic mass is 10.2. The van der Waals surface area contributed by atoms with E-state index in [-0.39, 0.29) is 0 Å². The molecule has 1 fully saturated rings. The van der Waals surface area contributed by atoms with Gasteiger partial charge in [-0.15, -0.1) is 0 Å².